The van der Waals surface area contributed by atoms with Gasteiger partial charge in [-0.2, -0.15) is 0 Å². The number of rotatable bonds is 3. The van der Waals surface area contributed by atoms with Gasteiger partial charge in [0.2, 0.25) is 0 Å². The van der Waals surface area contributed by atoms with E-state index in [1.165, 1.54) is 28.7 Å². The van der Waals surface area contributed by atoms with E-state index in [9.17, 15) is 4.79 Å². The fourth-order valence-electron chi connectivity index (χ4n) is 4.31. The summed E-state index contributed by atoms with van der Waals surface area (Å²) < 4.78 is 0. The van der Waals surface area contributed by atoms with Gasteiger partial charge in [0.25, 0.3) is 0 Å². The van der Waals surface area contributed by atoms with Gasteiger partial charge in [0.15, 0.2) is 5.78 Å². The van der Waals surface area contributed by atoms with E-state index in [1.54, 1.807) is 0 Å². The molecule has 0 fully saturated rings. The first-order valence-corrected chi connectivity index (χ1v) is 10.7. The lowest BCUT2D eigenvalue weighted by Gasteiger charge is -2.16. The predicted octanol–water partition coefficient (Wildman–Crippen LogP) is 6.80. The lowest BCUT2D eigenvalue weighted by molar-refractivity contribution is 0.103. The Bertz CT molecular complexity index is 1180. The van der Waals surface area contributed by atoms with Crippen molar-refractivity contribution in [3.63, 3.8) is 0 Å². The molecule has 0 aliphatic heterocycles. The van der Waals surface area contributed by atoms with Crippen LogP contribution in [0.4, 0.5) is 0 Å². The monoisotopic (exact) mass is 419 g/mol. The normalized spacial score (nSPS) is 13.0. The van der Waals surface area contributed by atoms with Gasteiger partial charge in [0.05, 0.1) is 11.3 Å². The molecule has 4 heteroatoms. The summed E-state index contributed by atoms with van der Waals surface area (Å²) in [5, 5.41) is 1.20. The molecule has 5 rings (SSSR count). The Morgan fingerprint density at radius 3 is 2.31 bits per heavy atom. The number of carbonyl (C=O) groups excluding carboxylic acids is 1. The topological polar surface area (TPSA) is 30.0 Å². The number of halogens is 1. The number of aromatic nitrogens is 1. The molecular formula is C25H22ClNOS. The van der Waals surface area contributed by atoms with Crippen molar-refractivity contribution in [3.8, 4) is 11.1 Å². The van der Waals surface area contributed by atoms with Crippen LogP contribution in [0.1, 0.15) is 44.9 Å². The van der Waals surface area contributed by atoms with Crippen LogP contribution in [0.5, 0.6) is 0 Å². The maximum absolute atomic E-state index is 13.6. The van der Waals surface area contributed by atoms with Crippen LogP contribution in [0.25, 0.3) is 21.3 Å². The molecule has 1 aliphatic carbocycles. The van der Waals surface area contributed by atoms with Crippen molar-refractivity contribution in [1.29, 1.82) is 0 Å². The zero-order chi connectivity index (χ0) is 19.1. The zero-order valence-electron chi connectivity index (χ0n) is 16.3. The van der Waals surface area contributed by atoms with E-state index in [1.807, 2.05) is 66.8 Å². The zero-order valence-corrected chi connectivity index (χ0v) is 17.9. The van der Waals surface area contributed by atoms with Gasteiger partial charge in [-0.05, 0) is 43.7 Å². The number of ketones is 1. The van der Waals surface area contributed by atoms with Crippen molar-refractivity contribution in [2.24, 2.45) is 0 Å². The molecule has 1 aliphatic rings. The summed E-state index contributed by atoms with van der Waals surface area (Å²) in [6.45, 7) is 1.97. The molecule has 0 radical (unpaired) electrons. The maximum Gasteiger partial charge on any atom is 0.195 e. The Kier molecular flexibility index (Phi) is 5.53. The fraction of sp³-hybridized carbons (Fsp3) is 0.200. The average Bonchev–Trinajstić information content (AvgIpc) is 3.11. The third-order valence-corrected chi connectivity index (χ3v) is 6.79. The van der Waals surface area contributed by atoms with Gasteiger partial charge in [-0.15, -0.1) is 23.7 Å². The van der Waals surface area contributed by atoms with E-state index in [-0.39, 0.29) is 18.2 Å². The lowest BCUT2D eigenvalue weighted by atomic mass is 9.87. The molecule has 29 heavy (non-hydrogen) atoms. The van der Waals surface area contributed by atoms with Crippen molar-refractivity contribution < 1.29 is 4.79 Å². The lowest BCUT2D eigenvalue weighted by Crippen LogP contribution is -2.09. The summed E-state index contributed by atoms with van der Waals surface area (Å²) >= 11 is 1.82. The minimum atomic E-state index is 0. The number of hydrogen-bond acceptors (Lipinski definition) is 3. The first kappa shape index (κ1) is 19.8. The molecule has 0 unspecified atom stereocenters. The van der Waals surface area contributed by atoms with Crippen LogP contribution in [0.15, 0.2) is 60.7 Å². The van der Waals surface area contributed by atoms with Gasteiger partial charge >= 0.3 is 0 Å². The van der Waals surface area contributed by atoms with Crippen molar-refractivity contribution >= 4 is 39.7 Å². The second-order valence-electron chi connectivity index (χ2n) is 7.40. The smallest absolute Gasteiger partial charge is 0.195 e. The van der Waals surface area contributed by atoms with Gasteiger partial charge in [-0.1, -0.05) is 60.7 Å². The number of thiophene rings is 1. The van der Waals surface area contributed by atoms with E-state index >= 15 is 0 Å². The van der Waals surface area contributed by atoms with Crippen molar-refractivity contribution in [1.82, 2.24) is 4.98 Å². The number of fused-ring (bicyclic) bond motifs is 3. The van der Waals surface area contributed by atoms with Crippen LogP contribution in [0.3, 0.4) is 0 Å². The second kappa shape index (κ2) is 8.10. The van der Waals surface area contributed by atoms with Crippen LogP contribution in [-0.2, 0) is 12.8 Å². The van der Waals surface area contributed by atoms with E-state index in [0.717, 1.165) is 40.1 Å². The third-order valence-electron chi connectivity index (χ3n) is 5.61. The summed E-state index contributed by atoms with van der Waals surface area (Å²) in [4.78, 5) is 21.0. The highest BCUT2D eigenvalue weighted by Gasteiger charge is 2.26. The van der Waals surface area contributed by atoms with Crippen LogP contribution < -0.4 is 0 Å². The van der Waals surface area contributed by atoms with Crippen molar-refractivity contribution in [3.05, 3.63) is 87.9 Å². The van der Waals surface area contributed by atoms with Crippen LogP contribution in [0, 0.1) is 6.92 Å². The molecule has 2 nitrogen and oxygen atoms in total. The first-order chi connectivity index (χ1) is 13.7. The number of hydrogen-bond donors (Lipinski definition) is 0. The Hall–Kier alpha value is -2.49. The van der Waals surface area contributed by atoms with Gasteiger partial charge in [0, 0.05) is 21.4 Å². The largest absolute Gasteiger partial charge is 0.289 e. The molecule has 146 valence electrons. The minimum Gasteiger partial charge on any atom is -0.289 e. The maximum atomic E-state index is 13.6. The molecule has 2 aromatic heterocycles. The van der Waals surface area contributed by atoms with Gasteiger partial charge in [-0.25, -0.2) is 4.98 Å². The number of carbonyl (C=O) groups is 1. The highest BCUT2D eigenvalue weighted by atomic mass is 35.5. The number of aryl methyl sites for hydroxylation is 3. The van der Waals surface area contributed by atoms with Gasteiger partial charge in [0.1, 0.15) is 4.83 Å². The third kappa shape index (κ3) is 3.39. The molecule has 2 aromatic carbocycles. The minimum absolute atomic E-state index is 0. The van der Waals surface area contributed by atoms with E-state index in [0.29, 0.717) is 5.56 Å². The summed E-state index contributed by atoms with van der Waals surface area (Å²) in [7, 11) is 0. The molecular weight excluding hydrogens is 398 g/mol. The quantitative estimate of drug-likeness (QED) is 0.341. The highest BCUT2D eigenvalue weighted by molar-refractivity contribution is 7.19. The van der Waals surface area contributed by atoms with Crippen LogP contribution >= 0.6 is 23.7 Å². The van der Waals surface area contributed by atoms with Crippen molar-refractivity contribution in [2.75, 3.05) is 0 Å². The van der Waals surface area contributed by atoms with Gasteiger partial charge in [-0.3, -0.25) is 4.79 Å². The van der Waals surface area contributed by atoms with E-state index < -0.39 is 0 Å². The Labute approximate surface area is 181 Å². The summed E-state index contributed by atoms with van der Waals surface area (Å²) in [5.74, 6) is 0.0575. The van der Waals surface area contributed by atoms with Crippen molar-refractivity contribution in [2.45, 2.75) is 32.6 Å². The standard InChI is InChI=1S/C25H21NOS.ClH/c1-16-21(24(27)18-12-6-3-7-13-18)22(17-10-4-2-5-11-17)23-19-14-8-9-15-20(19)28-25(23)26-16;/h2-7,10-13H,8-9,14-15H2,1H3;1H. The van der Waals surface area contributed by atoms with Crippen LogP contribution in [-0.4, -0.2) is 10.8 Å². The molecule has 0 bridgehead atoms. The highest BCUT2D eigenvalue weighted by Crippen LogP contribution is 2.43. The van der Waals surface area contributed by atoms with E-state index in [2.05, 4.69) is 12.1 Å². The number of nitrogens with zero attached hydrogens (tertiary/aromatic N) is 1. The Balaban J connectivity index is 0.00000205. The molecule has 4 aromatic rings. The first-order valence-electron chi connectivity index (χ1n) is 9.84. The summed E-state index contributed by atoms with van der Waals surface area (Å²) in [5.41, 5.74) is 5.86. The number of pyridine rings is 1. The predicted molar refractivity (Wildman–Crippen MR) is 124 cm³/mol. The average molecular weight is 420 g/mol. The molecule has 0 N–H and O–H groups in total. The SMILES string of the molecule is Cc1nc2sc3c(c2c(-c2ccccc2)c1C(=O)c1ccccc1)CCCC3.Cl. The second-order valence-corrected chi connectivity index (χ2v) is 8.48. The van der Waals surface area contributed by atoms with E-state index in [4.69, 9.17) is 4.98 Å². The Morgan fingerprint density at radius 1 is 0.931 bits per heavy atom. The summed E-state index contributed by atoms with van der Waals surface area (Å²) in [6, 6.07) is 19.9. The molecule has 0 spiro atoms. The fourth-order valence-corrected chi connectivity index (χ4v) is 5.62. The molecule has 0 saturated carbocycles. The summed E-state index contributed by atoms with van der Waals surface area (Å²) in [6.07, 6.45) is 4.67. The molecule has 0 amide bonds. The van der Waals surface area contributed by atoms with Crippen LogP contribution in [0.2, 0.25) is 0 Å². The molecule has 0 atom stereocenters. The molecule has 2 heterocycles. The van der Waals surface area contributed by atoms with Gasteiger partial charge < -0.3 is 0 Å². The number of benzene rings is 2. The molecule has 0 saturated heterocycles. The Morgan fingerprint density at radius 2 is 1.59 bits per heavy atom.